The van der Waals surface area contributed by atoms with Crippen molar-refractivity contribution in [2.75, 3.05) is 23.1 Å². The van der Waals surface area contributed by atoms with Crippen LogP contribution >= 0.6 is 0 Å². The third-order valence-electron chi connectivity index (χ3n) is 8.04. The van der Waals surface area contributed by atoms with Crippen molar-refractivity contribution in [2.45, 2.75) is 38.2 Å². The van der Waals surface area contributed by atoms with Crippen molar-refractivity contribution in [3.8, 4) is 22.9 Å². The summed E-state index contributed by atoms with van der Waals surface area (Å²) in [6.07, 6.45) is 3.84. The molecule has 2 aromatic heterocycles. The minimum Gasteiger partial charge on any atom is -0.465 e. The van der Waals surface area contributed by atoms with Crippen molar-refractivity contribution in [2.24, 2.45) is 0 Å². The van der Waals surface area contributed by atoms with Crippen molar-refractivity contribution in [3.05, 3.63) is 102 Å². The Hall–Kier alpha value is -5.27. The first-order valence-electron chi connectivity index (χ1n) is 15.1. The summed E-state index contributed by atoms with van der Waals surface area (Å²) >= 11 is 0. The molecule has 1 saturated heterocycles. The number of sulfonamides is 1. The number of amides is 1. The number of benzene rings is 3. The van der Waals surface area contributed by atoms with Gasteiger partial charge in [0.05, 0.1) is 29.3 Å². The maximum atomic E-state index is 13.2. The predicted molar refractivity (Wildman–Crippen MR) is 179 cm³/mol. The monoisotopic (exact) mass is 654 g/mol. The van der Waals surface area contributed by atoms with E-state index < -0.39 is 16.1 Å². The Bertz CT molecular complexity index is 2040. The van der Waals surface area contributed by atoms with Gasteiger partial charge < -0.3 is 25.2 Å². The summed E-state index contributed by atoms with van der Waals surface area (Å²) in [5.41, 5.74) is 3.46. The Morgan fingerprint density at radius 2 is 1.81 bits per heavy atom. The Morgan fingerprint density at radius 1 is 0.979 bits per heavy atom. The highest BCUT2D eigenvalue weighted by Gasteiger charge is 2.24. The van der Waals surface area contributed by atoms with Crippen molar-refractivity contribution in [1.82, 2.24) is 19.9 Å². The first kappa shape index (κ1) is 31.7. The number of rotatable bonds is 10. The van der Waals surface area contributed by atoms with Crippen LogP contribution in [0.25, 0.3) is 22.0 Å². The highest BCUT2D eigenvalue weighted by molar-refractivity contribution is 7.91. The van der Waals surface area contributed by atoms with Crippen LogP contribution < -0.4 is 14.8 Å². The Balaban J connectivity index is 1.28. The summed E-state index contributed by atoms with van der Waals surface area (Å²) in [6, 6.07) is 21.1. The number of fused-ring (bicyclic) bond motifs is 1. The maximum absolute atomic E-state index is 13.2. The van der Waals surface area contributed by atoms with E-state index in [0.29, 0.717) is 69.5 Å². The molecule has 1 atom stereocenters. The molecule has 1 amide bonds. The molecule has 0 saturated carbocycles. The number of ether oxygens (including phenoxy) is 1. The van der Waals surface area contributed by atoms with Crippen molar-refractivity contribution in [3.63, 3.8) is 0 Å². The molecule has 0 spiro atoms. The number of pyridine rings is 1. The van der Waals surface area contributed by atoms with E-state index in [0.717, 1.165) is 18.4 Å². The van der Waals surface area contributed by atoms with Crippen LogP contribution in [0.4, 0.5) is 16.4 Å². The average Bonchev–Trinajstić information content (AvgIpc) is 3.06. The SMILES string of the molecule is Cc1ccc2c(NS(=O)(=O)Cc3ccccc3CO)cccc2c1Oc1ncccc1-c1ccnc(N[C@H]2CCCN(C(=O)O)C2)n1. The van der Waals surface area contributed by atoms with Gasteiger partial charge in [-0.15, -0.1) is 0 Å². The second-order valence-electron chi connectivity index (χ2n) is 11.3. The third kappa shape index (κ3) is 7.26. The quantitative estimate of drug-likeness (QED) is 0.145. The van der Waals surface area contributed by atoms with Crippen LogP contribution in [-0.4, -0.2) is 63.7 Å². The highest BCUT2D eigenvalue weighted by Crippen LogP contribution is 2.39. The summed E-state index contributed by atoms with van der Waals surface area (Å²) in [4.78, 5) is 26.4. The van der Waals surface area contributed by atoms with E-state index in [2.05, 4.69) is 20.0 Å². The zero-order valence-corrected chi connectivity index (χ0v) is 26.4. The Kier molecular flexibility index (Phi) is 9.18. The summed E-state index contributed by atoms with van der Waals surface area (Å²) in [5.74, 6) is 0.891. The number of hydrogen-bond acceptors (Lipinski definition) is 9. The summed E-state index contributed by atoms with van der Waals surface area (Å²) in [6.45, 7) is 2.50. The number of likely N-dealkylation sites (tertiary alicyclic amines) is 1. The molecule has 0 unspecified atom stereocenters. The van der Waals surface area contributed by atoms with E-state index >= 15 is 0 Å². The number of nitrogens with zero attached hydrogens (tertiary/aromatic N) is 4. The minimum atomic E-state index is -3.82. The predicted octanol–water partition coefficient (Wildman–Crippen LogP) is 5.78. The zero-order chi connectivity index (χ0) is 33.0. The molecule has 0 bridgehead atoms. The number of anilines is 2. The lowest BCUT2D eigenvalue weighted by atomic mass is 10.0. The molecule has 12 nitrogen and oxygen atoms in total. The fraction of sp³-hybridized carbons (Fsp3) is 0.235. The fourth-order valence-electron chi connectivity index (χ4n) is 5.72. The van der Waals surface area contributed by atoms with Crippen molar-refractivity contribution < 1.29 is 28.2 Å². The van der Waals surface area contributed by atoms with Gasteiger partial charge in [0.1, 0.15) is 5.75 Å². The van der Waals surface area contributed by atoms with Crippen LogP contribution in [0, 0.1) is 6.92 Å². The molecule has 5 aromatic rings. The molecule has 4 N–H and O–H groups in total. The number of aryl methyl sites for hydroxylation is 1. The number of hydrogen-bond donors (Lipinski definition) is 4. The largest absolute Gasteiger partial charge is 0.465 e. The lowest BCUT2D eigenvalue weighted by Gasteiger charge is -2.31. The number of aromatic nitrogens is 3. The van der Waals surface area contributed by atoms with Gasteiger partial charge in [-0.05, 0) is 60.7 Å². The van der Waals surface area contributed by atoms with Crippen LogP contribution in [0.3, 0.4) is 0 Å². The molecule has 47 heavy (non-hydrogen) atoms. The number of carboxylic acid groups (broad SMARTS) is 1. The second-order valence-corrected chi connectivity index (χ2v) is 13.1. The second kappa shape index (κ2) is 13.6. The zero-order valence-electron chi connectivity index (χ0n) is 25.6. The maximum Gasteiger partial charge on any atom is 0.407 e. The summed E-state index contributed by atoms with van der Waals surface area (Å²) < 4.78 is 35.7. The normalized spacial score (nSPS) is 14.9. The fourth-order valence-corrected chi connectivity index (χ4v) is 6.99. The van der Waals surface area contributed by atoms with E-state index in [1.807, 2.05) is 31.2 Å². The van der Waals surface area contributed by atoms with Gasteiger partial charge in [-0.3, -0.25) is 4.72 Å². The van der Waals surface area contributed by atoms with Gasteiger partial charge in [-0.2, -0.15) is 0 Å². The molecule has 6 rings (SSSR count). The highest BCUT2D eigenvalue weighted by atomic mass is 32.2. The van der Waals surface area contributed by atoms with Gasteiger partial charge in [0.2, 0.25) is 21.9 Å². The number of aliphatic hydroxyl groups excluding tert-OH is 1. The minimum absolute atomic E-state index is 0.117. The van der Waals surface area contributed by atoms with Crippen LogP contribution in [0.5, 0.6) is 11.6 Å². The summed E-state index contributed by atoms with van der Waals surface area (Å²) in [5, 5.41) is 23.6. The molecular formula is C34H34N6O6S. The number of nitrogens with one attached hydrogen (secondary N) is 2. The van der Waals surface area contributed by atoms with E-state index in [9.17, 15) is 23.4 Å². The Labute approximate surface area is 272 Å². The van der Waals surface area contributed by atoms with Crippen LogP contribution in [0.2, 0.25) is 0 Å². The van der Waals surface area contributed by atoms with E-state index in [-0.39, 0.29) is 18.4 Å². The van der Waals surface area contributed by atoms with Gasteiger partial charge in [-0.1, -0.05) is 48.5 Å². The first-order chi connectivity index (χ1) is 22.7. The molecule has 1 fully saturated rings. The molecule has 1 aliphatic rings. The van der Waals surface area contributed by atoms with Gasteiger partial charge in [0, 0.05) is 42.3 Å². The van der Waals surface area contributed by atoms with Crippen LogP contribution in [0.1, 0.15) is 29.5 Å². The first-order valence-corrected chi connectivity index (χ1v) is 16.8. The topological polar surface area (TPSA) is 167 Å². The van der Waals surface area contributed by atoms with E-state index in [1.165, 1.54) is 4.90 Å². The van der Waals surface area contributed by atoms with Gasteiger partial charge in [0.15, 0.2) is 0 Å². The van der Waals surface area contributed by atoms with E-state index in [4.69, 9.17) is 9.72 Å². The van der Waals surface area contributed by atoms with Crippen molar-refractivity contribution in [1.29, 1.82) is 0 Å². The standard InChI is InChI=1S/C34H34N6O6S/c1-22-13-14-26-27(10-4-12-30(26)39-47(44,45)21-24-8-3-2-7-23(24)20-41)31(22)46-32-28(11-5-16-35-32)29-15-17-36-33(38-29)37-25-9-6-18-40(19-25)34(42)43/h2-5,7-8,10-17,25,39,41H,6,9,18-21H2,1H3,(H,42,43)(H,36,37,38)/t25-/m0/s1. The molecule has 0 aliphatic carbocycles. The third-order valence-corrected chi connectivity index (χ3v) is 9.26. The number of aliphatic hydroxyl groups is 1. The van der Waals surface area contributed by atoms with Crippen molar-refractivity contribution >= 4 is 38.5 Å². The lowest BCUT2D eigenvalue weighted by Crippen LogP contribution is -2.44. The molecule has 3 aromatic carbocycles. The lowest BCUT2D eigenvalue weighted by molar-refractivity contribution is 0.132. The smallest absolute Gasteiger partial charge is 0.407 e. The van der Waals surface area contributed by atoms with Crippen LogP contribution in [-0.2, 0) is 22.4 Å². The molecule has 1 aliphatic heterocycles. The summed E-state index contributed by atoms with van der Waals surface area (Å²) in [7, 11) is -3.82. The molecule has 0 radical (unpaired) electrons. The molecular weight excluding hydrogens is 620 g/mol. The van der Waals surface area contributed by atoms with Crippen LogP contribution in [0.15, 0.2) is 85.2 Å². The van der Waals surface area contributed by atoms with Gasteiger partial charge in [0.25, 0.3) is 0 Å². The number of piperidine rings is 1. The Morgan fingerprint density at radius 3 is 2.62 bits per heavy atom. The molecule has 242 valence electrons. The van der Waals surface area contributed by atoms with Gasteiger partial charge >= 0.3 is 6.09 Å². The average molecular weight is 655 g/mol. The van der Waals surface area contributed by atoms with Gasteiger partial charge in [-0.25, -0.2) is 28.2 Å². The van der Waals surface area contributed by atoms with E-state index in [1.54, 1.807) is 60.9 Å². The molecule has 13 heteroatoms. The number of carbonyl (C=O) groups is 1. The molecule has 3 heterocycles.